The number of carbonyl (C=O) groups is 2. The average Bonchev–Trinajstić information content (AvgIpc) is 3.36. The average molecular weight is 613 g/mol. The van der Waals surface area contributed by atoms with Gasteiger partial charge in [0, 0.05) is 61.0 Å². The second-order valence-corrected chi connectivity index (χ2v) is 12.3. The van der Waals surface area contributed by atoms with E-state index in [1.165, 1.54) is 0 Å². The van der Waals surface area contributed by atoms with Crippen LogP contribution in [0.4, 0.5) is 5.69 Å². The lowest BCUT2D eigenvalue weighted by Crippen LogP contribution is -2.47. The molecule has 2 heterocycles. The zero-order valence-corrected chi connectivity index (χ0v) is 26.8. The quantitative estimate of drug-likeness (QED) is 0.271. The van der Waals surface area contributed by atoms with Gasteiger partial charge in [-0.3, -0.25) is 14.5 Å². The number of amides is 2. The first-order valence-corrected chi connectivity index (χ1v) is 15.5. The van der Waals surface area contributed by atoms with Gasteiger partial charge in [0.2, 0.25) is 11.8 Å². The van der Waals surface area contributed by atoms with Gasteiger partial charge in [-0.2, -0.15) is 0 Å². The van der Waals surface area contributed by atoms with E-state index in [1.54, 1.807) is 12.0 Å². The predicted molar refractivity (Wildman–Crippen MR) is 177 cm³/mol. The van der Waals surface area contributed by atoms with E-state index in [0.717, 1.165) is 34.3 Å². The highest BCUT2D eigenvalue weighted by atomic mass is 16.5. The molecule has 1 aliphatic rings. The summed E-state index contributed by atoms with van der Waals surface area (Å²) in [4.78, 5) is 30.7. The number of aliphatic hydroxyl groups is 1. The van der Waals surface area contributed by atoms with Crippen molar-refractivity contribution in [2.45, 2.75) is 45.4 Å². The number of ether oxygens (including phenoxy) is 2. The first-order valence-electron chi connectivity index (χ1n) is 15.5. The predicted octanol–water partition coefficient (Wildman–Crippen LogP) is 4.65. The van der Waals surface area contributed by atoms with E-state index in [4.69, 9.17) is 9.47 Å². The van der Waals surface area contributed by atoms with E-state index < -0.39 is 0 Å². The van der Waals surface area contributed by atoms with Crippen LogP contribution in [0.5, 0.6) is 11.5 Å². The molecule has 0 unspecified atom stereocenters. The molecule has 3 aromatic carbocycles. The molecule has 0 radical (unpaired) electrons. The zero-order chi connectivity index (χ0) is 32.1. The molecule has 238 valence electrons. The summed E-state index contributed by atoms with van der Waals surface area (Å²) in [5, 5.41) is 14.1. The number of likely N-dealkylation sites (N-methyl/N-ethyl adjacent to an activating group) is 1. The second kappa shape index (κ2) is 14.2. The van der Waals surface area contributed by atoms with Crippen molar-refractivity contribution in [2.24, 2.45) is 13.0 Å². The third kappa shape index (κ3) is 7.67. The fourth-order valence-electron chi connectivity index (χ4n) is 6.08. The molecule has 4 aromatic rings. The maximum absolute atomic E-state index is 13.6. The SMILES string of the molecule is COc1ccc(CN(C)C[C@@H]2Oc3ccc(NC(=O)Cc4cn(C)c5ccccc45)cc3CC(=O)N([C@H](C)CO)C[C@@H]2C)cc1. The van der Waals surface area contributed by atoms with Crippen LogP contribution in [0, 0.1) is 5.92 Å². The minimum Gasteiger partial charge on any atom is -0.497 e. The van der Waals surface area contributed by atoms with E-state index in [0.29, 0.717) is 30.1 Å². The second-order valence-electron chi connectivity index (χ2n) is 12.3. The number of hydrogen-bond donors (Lipinski definition) is 2. The molecule has 0 bridgehead atoms. The van der Waals surface area contributed by atoms with Gasteiger partial charge in [0.05, 0.1) is 32.6 Å². The van der Waals surface area contributed by atoms with Crippen molar-refractivity contribution in [3.63, 3.8) is 0 Å². The molecule has 3 atom stereocenters. The van der Waals surface area contributed by atoms with Gasteiger partial charge in [-0.1, -0.05) is 37.3 Å². The van der Waals surface area contributed by atoms with Gasteiger partial charge < -0.3 is 29.4 Å². The Hall–Kier alpha value is -4.34. The summed E-state index contributed by atoms with van der Waals surface area (Å²) in [5.41, 5.74) is 4.50. The Morgan fingerprint density at radius 2 is 1.91 bits per heavy atom. The Morgan fingerprint density at radius 1 is 1.16 bits per heavy atom. The van der Waals surface area contributed by atoms with Crippen LogP contribution in [0.25, 0.3) is 10.9 Å². The highest BCUT2D eigenvalue weighted by molar-refractivity contribution is 5.96. The number of fused-ring (bicyclic) bond motifs is 2. The number of para-hydroxylation sites is 1. The number of carbonyl (C=O) groups excluding carboxylic acids is 2. The molecular weight excluding hydrogens is 568 g/mol. The molecule has 1 aromatic heterocycles. The molecule has 0 fully saturated rings. The number of nitrogens with one attached hydrogen (secondary N) is 1. The maximum atomic E-state index is 13.6. The third-order valence-electron chi connectivity index (χ3n) is 8.63. The molecule has 9 nitrogen and oxygen atoms in total. The largest absolute Gasteiger partial charge is 0.497 e. The van der Waals surface area contributed by atoms with E-state index in [9.17, 15) is 14.7 Å². The summed E-state index contributed by atoms with van der Waals surface area (Å²) in [5.74, 6) is 1.22. The third-order valence-corrected chi connectivity index (χ3v) is 8.63. The van der Waals surface area contributed by atoms with Crippen molar-refractivity contribution in [2.75, 3.05) is 39.2 Å². The van der Waals surface area contributed by atoms with Crippen LogP contribution in [0.1, 0.15) is 30.5 Å². The van der Waals surface area contributed by atoms with Crippen molar-refractivity contribution in [1.29, 1.82) is 0 Å². The highest BCUT2D eigenvalue weighted by Crippen LogP contribution is 2.30. The molecule has 9 heteroatoms. The number of benzene rings is 3. The molecule has 5 rings (SSSR count). The van der Waals surface area contributed by atoms with Crippen molar-refractivity contribution < 1.29 is 24.2 Å². The van der Waals surface area contributed by atoms with Gasteiger partial charge in [-0.25, -0.2) is 0 Å². The first-order chi connectivity index (χ1) is 21.6. The van der Waals surface area contributed by atoms with Crippen molar-refractivity contribution in [3.8, 4) is 11.5 Å². The fraction of sp³-hybridized carbons (Fsp3) is 0.389. The number of aliphatic hydroxyl groups excluding tert-OH is 1. The lowest BCUT2D eigenvalue weighted by atomic mass is 10.0. The summed E-state index contributed by atoms with van der Waals surface area (Å²) in [7, 11) is 5.69. The molecule has 0 saturated carbocycles. The first kappa shape index (κ1) is 32.1. The van der Waals surface area contributed by atoms with Crippen LogP contribution in [-0.2, 0) is 36.0 Å². The van der Waals surface area contributed by atoms with Gasteiger partial charge in [-0.15, -0.1) is 0 Å². The number of hydrogen-bond acceptors (Lipinski definition) is 6. The summed E-state index contributed by atoms with van der Waals surface area (Å²) >= 11 is 0. The van der Waals surface area contributed by atoms with Crippen LogP contribution in [0.15, 0.2) is 72.9 Å². The number of aryl methyl sites for hydroxylation is 1. The molecule has 0 aliphatic carbocycles. The monoisotopic (exact) mass is 612 g/mol. The molecule has 0 saturated heterocycles. The maximum Gasteiger partial charge on any atom is 0.228 e. The van der Waals surface area contributed by atoms with Crippen molar-refractivity contribution in [3.05, 3.63) is 89.6 Å². The van der Waals surface area contributed by atoms with Crippen molar-refractivity contribution >= 4 is 28.4 Å². The van der Waals surface area contributed by atoms with Gasteiger partial charge in [0.25, 0.3) is 0 Å². The van der Waals surface area contributed by atoms with Gasteiger partial charge >= 0.3 is 0 Å². The van der Waals surface area contributed by atoms with Crippen LogP contribution in [-0.4, -0.2) is 77.3 Å². The van der Waals surface area contributed by atoms with Crippen molar-refractivity contribution in [1.82, 2.24) is 14.4 Å². The van der Waals surface area contributed by atoms with E-state index in [1.807, 2.05) is 79.3 Å². The van der Waals surface area contributed by atoms with Crippen LogP contribution < -0.4 is 14.8 Å². The fourth-order valence-corrected chi connectivity index (χ4v) is 6.08. The lowest BCUT2D eigenvalue weighted by molar-refractivity contribution is -0.134. The van der Waals surface area contributed by atoms with Crippen LogP contribution in [0.3, 0.4) is 0 Å². The van der Waals surface area contributed by atoms with Crippen LogP contribution in [0.2, 0.25) is 0 Å². The number of nitrogens with zero attached hydrogens (tertiary/aromatic N) is 3. The zero-order valence-electron chi connectivity index (χ0n) is 26.8. The molecule has 1 aliphatic heterocycles. The Labute approximate surface area is 265 Å². The molecule has 45 heavy (non-hydrogen) atoms. The number of aromatic nitrogens is 1. The molecular formula is C36H44N4O5. The normalized spacial score (nSPS) is 17.7. The van der Waals surface area contributed by atoms with E-state index in [-0.39, 0.29) is 49.3 Å². The molecule has 2 amide bonds. The summed E-state index contributed by atoms with van der Waals surface area (Å²) in [6.45, 7) is 5.64. The van der Waals surface area contributed by atoms with Gasteiger partial charge in [0.1, 0.15) is 17.6 Å². The number of anilines is 1. The minimum atomic E-state index is -0.331. The van der Waals surface area contributed by atoms with E-state index in [2.05, 4.69) is 36.3 Å². The topological polar surface area (TPSA) is 96.3 Å². The Morgan fingerprint density at radius 3 is 2.64 bits per heavy atom. The Kier molecular flexibility index (Phi) is 10.1. The highest BCUT2D eigenvalue weighted by Gasteiger charge is 2.31. The minimum absolute atomic E-state index is 0.00714. The summed E-state index contributed by atoms with van der Waals surface area (Å²) in [6.07, 6.45) is 2.10. The Balaban J connectivity index is 1.36. The Bertz CT molecular complexity index is 1630. The summed E-state index contributed by atoms with van der Waals surface area (Å²) < 4.78 is 14.0. The van der Waals surface area contributed by atoms with Crippen LogP contribution >= 0.6 is 0 Å². The number of rotatable bonds is 10. The smallest absolute Gasteiger partial charge is 0.228 e. The standard InChI is InChI=1S/C36H44N4O5/c1-24-19-40(25(2)23-41)36(43)18-27-16-29(37-35(42)17-28-21-39(4)32-9-7-6-8-31(28)32)12-15-33(27)45-34(24)22-38(3)20-26-10-13-30(44-5)14-11-26/h6-16,21,24-25,34,41H,17-20,22-23H2,1-5H3,(H,37,42)/t24-,25+,34-/m0/s1. The van der Waals surface area contributed by atoms with Gasteiger partial charge in [-0.05, 0) is 61.5 Å². The molecule has 0 spiro atoms. The number of methoxy groups -OCH3 is 1. The lowest BCUT2D eigenvalue weighted by Gasteiger charge is -2.34. The van der Waals surface area contributed by atoms with Gasteiger partial charge in [0.15, 0.2) is 0 Å². The molecule has 2 N–H and O–H groups in total. The summed E-state index contributed by atoms with van der Waals surface area (Å²) in [6, 6.07) is 21.2. The van der Waals surface area contributed by atoms with E-state index >= 15 is 0 Å².